The number of likely N-dealkylation sites (tertiary alicyclic amines) is 1. The van der Waals surface area contributed by atoms with Gasteiger partial charge < -0.3 is 14.7 Å². The molecule has 36 heavy (non-hydrogen) atoms. The Hall–Kier alpha value is -3.45. The Kier molecular flexibility index (Phi) is 5.03. The Morgan fingerprint density at radius 3 is 2.53 bits per heavy atom. The van der Waals surface area contributed by atoms with Gasteiger partial charge in [-0.2, -0.15) is 15.3 Å². The molecule has 1 aliphatic heterocycles. The third kappa shape index (κ3) is 3.82. The molecule has 1 N–H and O–H groups in total. The number of ether oxygens (including phenoxy) is 1. The van der Waals surface area contributed by atoms with Gasteiger partial charge in [-0.05, 0) is 84.5 Å². The van der Waals surface area contributed by atoms with Gasteiger partial charge in [0, 0.05) is 49.7 Å². The monoisotopic (exact) mass is 481 g/mol. The fraction of sp³-hybridized carbons (Fsp3) is 0.414. The molecule has 4 aromatic rings. The van der Waals surface area contributed by atoms with Crippen LogP contribution in [0.25, 0.3) is 33.3 Å². The fourth-order valence-electron chi connectivity index (χ4n) is 6.44. The Balaban J connectivity index is 1.05. The first kappa shape index (κ1) is 21.8. The highest BCUT2D eigenvalue weighted by molar-refractivity contribution is 5.90. The van der Waals surface area contributed by atoms with Gasteiger partial charge in [-0.3, -0.25) is 4.68 Å². The van der Waals surface area contributed by atoms with E-state index in [9.17, 15) is 5.11 Å². The van der Waals surface area contributed by atoms with E-state index in [-0.39, 0.29) is 5.75 Å². The van der Waals surface area contributed by atoms with Crippen LogP contribution in [0, 0.1) is 17.8 Å². The van der Waals surface area contributed by atoms with Crippen LogP contribution in [0.1, 0.15) is 30.9 Å². The van der Waals surface area contributed by atoms with Crippen LogP contribution in [0.3, 0.4) is 0 Å². The molecule has 0 bridgehead atoms. The number of fused-ring (bicyclic) bond motifs is 2. The molecule has 3 aliphatic rings. The quantitative estimate of drug-likeness (QED) is 0.424. The molecule has 2 atom stereocenters. The third-order valence-corrected chi connectivity index (χ3v) is 8.43. The van der Waals surface area contributed by atoms with E-state index in [1.165, 1.54) is 25.8 Å². The standard InChI is InChI=1S/C29H31N5O2/c1-33-14-22-10-21(12-28(36-2)29(22)32-33)18-3-4-24(27(35)11-18)26-6-5-25(30-31-26)23-15-34(16-23)13-17-7-19-9-20(19)8-17/h3-6,10-12,14,17,19-20,23,35H,7-9,13,15-16H2,1-2H3. The molecule has 2 saturated carbocycles. The maximum absolute atomic E-state index is 10.9. The van der Waals surface area contributed by atoms with Crippen LogP contribution in [-0.2, 0) is 7.05 Å². The average Bonchev–Trinajstić information content (AvgIpc) is 3.27. The number of hydrogen-bond donors (Lipinski definition) is 1. The van der Waals surface area contributed by atoms with Gasteiger partial charge in [-0.25, -0.2) is 0 Å². The number of nitrogens with zero attached hydrogens (tertiary/aromatic N) is 5. The molecule has 3 fully saturated rings. The highest BCUT2D eigenvalue weighted by atomic mass is 16.5. The smallest absolute Gasteiger partial charge is 0.147 e. The zero-order chi connectivity index (χ0) is 24.4. The van der Waals surface area contributed by atoms with Gasteiger partial charge in [0.25, 0.3) is 0 Å². The van der Waals surface area contributed by atoms with E-state index in [0.29, 0.717) is 22.9 Å². The van der Waals surface area contributed by atoms with Crippen LogP contribution >= 0.6 is 0 Å². The first-order chi connectivity index (χ1) is 17.5. The summed E-state index contributed by atoms with van der Waals surface area (Å²) >= 11 is 0. The van der Waals surface area contributed by atoms with Crippen molar-refractivity contribution in [1.29, 1.82) is 0 Å². The van der Waals surface area contributed by atoms with E-state index >= 15 is 0 Å². The number of rotatable bonds is 6. The third-order valence-electron chi connectivity index (χ3n) is 8.43. The molecular formula is C29H31N5O2. The number of phenols is 1. The van der Waals surface area contributed by atoms with Crippen LogP contribution < -0.4 is 4.74 Å². The minimum atomic E-state index is 0.184. The molecule has 0 radical (unpaired) electrons. The summed E-state index contributed by atoms with van der Waals surface area (Å²) in [5.74, 6) is 4.40. The van der Waals surface area contributed by atoms with Gasteiger partial charge in [0.1, 0.15) is 17.0 Å². The van der Waals surface area contributed by atoms with Crippen molar-refractivity contribution in [2.24, 2.45) is 24.8 Å². The number of phenolic OH excluding ortho intramolecular Hbond substituents is 1. The maximum atomic E-state index is 10.9. The van der Waals surface area contributed by atoms with Crippen molar-refractivity contribution in [2.45, 2.75) is 25.2 Å². The second kappa shape index (κ2) is 8.30. The highest BCUT2D eigenvalue weighted by Crippen LogP contribution is 2.54. The summed E-state index contributed by atoms with van der Waals surface area (Å²) in [6, 6.07) is 13.8. The lowest BCUT2D eigenvalue weighted by atomic mass is 9.93. The van der Waals surface area contributed by atoms with Gasteiger partial charge in [-0.15, -0.1) is 0 Å². The number of aryl methyl sites for hydroxylation is 1. The van der Waals surface area contributed by atoms with Crippen molar-refractivity contribution in [3.63, 3.8) is 0 Å². The summed E-state index contributed by atoms with van der Waals surface area (Å²) in [7, 11) is 3.54. The number of aromatic hydroxyl groups is 1. The molecule has 2 aliphatic carbocycles. The zero-order valence-corrected chi connectivity index (χ0v) is 20.8. The molecule has 1 saturated heterocycles. The van der Waals surface area contributed by atoms with Crippen LogP contribution in [0.15, 0.2) is 48.7 Å². The first-order valence-electron chi connectivity index (χ1n) is 12.9. The molecular weight excluding hydrogens is 450 g/mol. The molecule has 7 heteroatoms. The molecule has 0 amide bonds. The Bertz CT molecular complexity index is 1430. The van der Waals surface area contributed by atoms with Gasteiger partial charge in [-0.1, -0.05) is 6.07 Å². The van der Waals surface area contributed by atoms with E-state index < -0.39 is 0 Å². The van der Waals surface area contributed by atoms with Crippen molar-refractivity contribution < 1.29 is 9.84 Å². The van der Waals surface area contributed by atoms with Crippen molar-refractivity contribution >= 4 is 10.9 Å². The highest BCUT2D eigenvalue weighted by Gasteiger charge is 2.46. The van der Waals surface area contributed by atoms with Crippen LogP contribution in [0.4, 0.5) is 0 Å². The largest absolute Gasteiger partial charge is 0.507 e. The molecule has 2 unspecified atom stereocenters. The molecule has 184 valence electrons. The summed E-state index contributed by atoms with van der Waals surface area (Å²) in [5, 5.41) is 25.3. The SMILES string of the molecule is COc1cc(-c2ccc(-c3ccc(C4CN(CC5CC6CC6C5)C4)nn3)c(O)c2)cc2cn(C)nc12. The van der Waals surface area contributed by atoms with Crippen LogP contribution in [0.2, 0.25) is 0 Å². The van der Waals surface area contributed by atoms with Crippen molar-refractivity contribution in [2.75, 3.05) is 26.7 Å². The number of aromatic nitrogens is 4. The Labute approximate surface area is 210 Å². The Morgan fingerprint density at radius 1 is 0.972 bits per heavy atom. The Morgan fingerprint density at radius 2 is 1.81 bits per heavy atom. The summed E-state index contributed by atoms with van der Waals surface area (Å²) in [6.07, 6.45) is 6.36. The van der Waals surface area contributed by atoms with Crippen LogP contribution in [0.5, 0.6) is 11.5 Å². The molecule has 2 aromatic carbocycles. The summed E-state index contributed by atoms with van der Waals surface area (Å²) in [6.45, 7) is 3.43. The zero-order valence-electron chi connectivity index (χ0n) is 20.8. The molecule has 0 spiro atoms. The average molecular weight is 482 g/mol. The normalized spacial score (nSPS) is 23.6. The minimum absolute atomic E-state index is 0.184. The molecule has 7 rings (SSSR count). The van der Waals surface area contributed by atoms with Crippen molar-refractivity contribution in [3.05, 3.63) is 54.4 Å². The van der Waals surface area contributed by atoms with Gasteiger partial charge >= 0.3 is 0 Å². The van der Waals surface area contributed by atoms with E-state index in [4.69, 9.17) is 4.74 Å². The number of benzene rings is 2. The summed E-state index contributed by atoms with van der Waals surface area (Å²) < 4.78 is 7.33. The van der Waals surface area contributed by atoms with E-state index in [1.54, 1.807) is 17.9 Å². The van der Waals surface area contributed by atoms with Crippen LogP contribution in [-0.4, -0.2) is 56.7 Å². The summed E-state index contributed by atoms with van der Waals surface area (Å²) in [5.41, 5.74) is 5.10. The number of methoxy groups -OCH3 is 1. The molecule has 7 nitrogen and oxygen atoms in total. The predicted molar refractivity (Wildman–Crippen MR) is 139 cm³/mol. The van der Waals surface area contributed by atoms with E-state index in [0.717, 1.165) is 58.6 Å². The second-order valence-electron chi connectivity index (χ2n) is 11.0. The first-order valence-corrected chi connectivity index (χ1v) is 12.9. The van der Waals surface area contributed by atoms with Crippen molar-refractivity contribution in [1.82, 2.24) is 24.9 Å². The second-order valence-corrected chi connectivity index (χ2v) is 11.0. The lowest BCUT2D eigenvalue weighted by Crippen LogP contribution is -2.47. The minimum Gasteiger partial charge on any atom is -0.507 e. The van der Waals surface area contributed by atoms with Crippen molar-refractivity contribution in [3.8, 4) is 33.9 Å². The fourth-order valence-corrected chi connectivity index (χ4v) is 6.44. The summed E-state index contributed by atoms with van der Waals surface area (Å²) in [4.78, 5) is 2.58. The maximum Gasteiger partial charge on any atom is 0.147 e. The van der Waals surface area contributed by atoms with Gasteiger partial charge in [0.2, 0.25) is 0 Å². The molecule has 3 heterocycles. The lowest BCUT2D eigenvalue weighted by molar-refractivity contribution is 0.119. The molecule has 2 aromatic heterocycles. The lowest BCUT2D eigenvalue weighted by Gasteiger charge is -2.40. The predicted octanol–water partition coefficient (Wildman–Crippen LogP) is 4.86. The topological polar surface area (TPSA) is 76.3 Å². The van der Waals surface area contributed by atoms with E-state index in [1.807, 2.05) is 37.5 Å². The number of hydrogen-bond acceptors (Lipinski definition) is 6. The van der Waals surface area contributed by atoms with Gasteiger partial charge in [0.05, 0.1) is 18.5 Å². The van der Waals surface area contributed by atoms with E-state index in [2.05, 4.69) is 32.3 Å². The van der Waals surface area contributed by atoms with Gasteiger partial charge in [0.15, 0.2) is 0 Å².